The molecule has 0 unspecified atom stereocenters. The van der Waals surface area contributed by atoms with E-state index in [2.05, 4.69) is 4.98 Å². The van der Waals surface area contributed by atoms with Crippen LogP contribution in [0.25, 0.3) is 10.9 Å². The van der Waals surface area contributed by atoms with Crippen molar-refractivity contribution in [3.05, 3.63) is 70.5 Å². The summed E-state index contributed by atoms with van der Waals surface area (Å²) in [5.74, 6) is -0.415. The van der Waals surface area contributed by atoms with E-state index in [1.165, 1.54) is 39.2 Å². The van der Waals surface area contributed by atoms with Gasteiger partial charge in [0.25, 0.3) is 5.56 Å². The van der Waals surface area contributed by atoms with Gasteiger partial charge in [-0.3, -0.25) is 4.79 Å². The lowest BCUT2D eigenvalue weighted by Crippen LogP contribution is -2.52. The first-order chi connectivity index (χ1) is 14.4. The number of ether oxygens (including phenoxy) is 1. The Bertz CT molecular complexity index is 1160. The Morgan fingerprint density at radius 1 is 1.13 bits per heavy atom. The lowest BCUT2D eigenvalue weighted by Gasteiger charge is -2.38. The molecule has 0 radical (unpaired) electrons. The van der Waals surface area contributed by atoms with Crippen LogP contribution in [0, 0.1) is 5.82 Å². The maximum atomic E-state index is 14.1. The van der Waals surface area contributed by atoms with Crippen molar-refractivity contribution in [3.63, 3.8) is 0 Å². The lowest BCUT2D eigenvalue weighted by molar-refractivity contribution is -0.271. The molecule has 1 heterocycles. The molecular formula is C22H22F4N2O3. The van der Waals surface area contributed by atoms with Gasteiger partial charge < -0.3 is 14.4 Å². The van der Waals surface area contributed by atoms with E-state index in [1.54, 1.807) is 12.1 Å². The van der Waals surface area contributed by atoms with E-state index in [-0.39, 0.29) is 22.2 Å². The van der Waals surface area contributed by atoms with Gasteiger partial charge >= 0.3 is 6.18 Å². The number of fused-ring (bicyclic) bond motifs is 1. The second kappa shape index (κ2) is 7.96. The first-order valence-electron chi connectivity index (χ1n) is 9.45. The summed E-state index contributed by atoms with van der Waals surface area (Å²) in [5, 5.41) is 11.0. The van der Waals surface area contributed by atoms with Crippen molar-refractivity contribution in [1.82, 2.24) is 9.55 Å². The molecule has 31 heavy (non-hydrogen) atoms. The van der Waals surface area contributed by atoms with Crippen LogP contribution < -0.4 is 10.3 Å². The molecule has 5 nitrogen and oxygen atoms in total. The van der Waals surface area contributed by atoms with Crippen LogP contribution in [-0.2, 0) is 12.0 Å². The third kappa shape index (κ3) is 4.41. The number of para-hydroxylation sites is 1. The summed E-state index contributed by atoms with van der Waals surface area (Å²) < 4.78 is 62.5. The first kappa shape index (κ1) is 22.7. The van der Waals surface area contributed by atoms with Gasteiger partial charge in [-0.25, -0.2) is 4.39 Å². The molecule has 0 aliphatic heterocycles. The van der Waals surface area contributed by atoms with Crippen LogP contribution >= 0.6 is 0 Å². The van der Waals surface area contributed by atoms with Crippen molar-refractivity contribution in [3.8, 4) is 5.75 Å². The van der Waals surface area contributed by atoms with E-state index >= 15 is 0 Å². The Labute approximate surface area is 175 Å². The molecule has 166 valence electrons. The monoisotopic (exact) mass is 438 g/mol. The fourth-order valence-electron chi connectivity index (χ4n) is 3.85. The Morgan fingerprint density at radius 2 is 1.81 bits per heavy atom. The number of hydrogen-bond donors (Lipinski definition) is 1. The van der Waals surface area contributed by atoms with Crippen LogP contribution in [-0.4, -0.2) is 33.5 Å². The molecular weight excluding hydrogens is 416 g/mol. The summed E-state index contributed by atoms with van der Waals surface area (Å²) in [4.78, 5) is 15.6. The minimum Gasteiger partial charge on any atom is -0.496 e. The summed E-state index contributed by atoms with van der Waals surface area (Å²) in [6.07, 6.45) is -4.82. The van der Waals surface area contributed by atoms with Crippen LogP contribution in [0.5, 0.6) is 5.75 Å². The highest BCUT2D eigenvalue weighted by Gasteiger charge is 2.56. The molecule has 3 rings (SSSR count). The van der Waals surface area contributed by atoms with Crippen molar-refractivity contribution < 1.29 is 27.4 Å². The highest BCUT2D eigenvalue weighted by atomic mass is 19.4. The number of aliphatic hydroxyl groups is 1. The summed E-state index contributed by atoms with van der Waals surface area (Å²) in [7, 11) is 1.33. The number of methoxy groups -OCH3 is 1. The summed E-state index contributed by atoms with van der Waals surface area (Å²) in [6.45, 7) is 2.05. The quantitative estimate of drug-likeness (QED) is 0.586. The normalized spacial score (nSPS) is 14.5. The van der Waals surface area contributed by atoms with Crippen LogP contribution in [0.2, 0.25) is 0 Å². The third-order valence-corrected chi connectivity index (χ3v) is 5.34. The molecule has 9 heteroatoms. The molecule has 0 amide bonds. The smallest absolute Gasteiger partial charge is 0.418 e. The summed E-state index contributed by atoms with van der Waals surface area (Å²) in [5.41, 5.74) is -4.69. The largest absolute Gasteiger partial charge is 0.496 e. The predicted octanol–water partition coefficient (Wildman–Crippen LogP) is 4.21. The predicted molar refractivity (Wildman–Crippen MR) is 108 cm³/mol. The molecule has 0 fully saturated rings. The fourth-order valence-corrected chi connectivity index (χ4v) is 3.85. The number of alkyl halides is 3. The standard InChI is InChI=1S/C22H22F4N2O3/c1-20(2,16-10-14(23)8-9-18(16)31-3)11-21(30,22(24,25)26)12-28-13-27-19(29)15-6-4-5-7-17(15)28/h4-10,13,30H,11-12H2,1-3H3/t21-/m0/s1. The molecule has 1 N–H and O–H groups in total. The lowest BCUT2D eigenvalue weighted by atomic mass is 9.74. The van der Waals surface area contributed by atoms with Gasteiger partial charge in [0.1, 0.15) is 11.6 Å². The molecule has 1 aromatic heterocycles. The summed E-state index contributed by atoms with van der Waals surface area (Å²) >= 11 is 0. The molecule has 0 spiro atoms. The van der Waals surface area contributed by atoms with Crippen LogP contribution in [0.3, 0.4) is 0 Å². The first-order valence-corrected chi connectivity index (χ1v) is 9.45. The van der Waals surface area contributed by atoms with Gasteiger partial charge in [0.15, 0.2) is 5.60 Å². The molecule has 1 atom stereocenters. The maximum absolute atomic E-state index is 14.1. The number of rotatable bonds is 6. The molecule has 3 aromatic rings. The number of nitrogens with zero attached hydrogens (tertiary/aromatic N) is 2. The van der Waals surface area contributed by atoms with Crippen molar-refractivity contribution in [1.29, 1.82) is 0 Å². The fraction of sp³-hybridized carbons (Fsp3) is 0.364. The number of hydrogen-bond acceptors (Lipinski definition) is 4. The molecule has 2 aromatic carbocycles. The molecule has 0 aliphatic rings. The second-order valence-electron chi connectivity index (χ2n) is 8.13. The Kier molecular flexibility index (Phi) is 5.84. The van der Waals surface area contributed by atoms with Gasteiger partial charge in [-0.1, -0.05) is 26.0 Å². The summed E-state index contributed by atoms with van der Waals surface area (Å²) in [6, 6.07) is 9.67. The van der Waals surface area contributed by atoms with Gasteiger partial charge in [0.05, 0.1) is 30.9 Å². The Balaban J connectivity index is 2.08. The van der Waals surface area contributed by atoms with E-state index in [9.17, 15) is 27.5 Å². The van der Waals surface area contributed by atoms with E-state index in [0.29, 0.717) is 0 Å². The van der Waals surface area contributed by atoms with Crippen LogP contribution in [0.1, 0.15) is 25.8 Å². The van der Waals surface area contributed by atoms with Gasteiger partial charge in [-0.05, 0) is 42.2 Å². The van der Waals surface area contributed by atoms with E-state index in [1.807, 2.05) is 0 Å². The van der Waals surface area contributed by atoms with Gasteiger partial charge in [0, 0.05) is 5.56 Å². The van der Waals surface area contributed by atoms with Gasteiger partial charge in [-0.15, -0.1) is 0 Å². The topological polar surface area (TPSA) is 64.3 Å². The van der Waals surface area contributed by atoms with Crippen molar-refractivity contribution in [2.45, 2.75) is 44.0 Å². The second-order valence-corrected chi connectivity index (χ2v) is 8.13. The highest BCUT2D eigenvalue weighted by Crippen LogP contribution is 2.44. The van der Waals surface area contributed by atoms with Crippen molar-refractivity contribution in [2.75, 3.05) is 7.11 Å². The average Bonchev–Trinajstić information content (AvgIpc) is 2.69. The third-order valence-electron chi connectivity index (χ3n) is 5.34. The molecule has 0 saturated heterocycles. The average molecular weight is 438 g/mol. The molecule has 0 saturated carbocycles. The van der Waals surface area contributed by atoms with Gasteiger partial charge in [-0.2, -0.15) is 18.2 Å². The highest BCUT2D eigenvalue weighted by molar-refractivity contribution is 5.77. The van der Waals surface area contributed by atoms with E-state index < -0.39 is 41.5 Å². The SMILES string of the molecule is COc1ccc(F)cc1C(C)(C)C[C@](O)(Cn1cnc(=O)c2ccccc21)C(F)(F)F. The van der Waals surface area contributed by atoms with Crippen LogP contribution in [0.15, 0.2) is 53.6 Å². The van der Waals surface area contributed by atoms with Crippen molar-refractivity contribution >= 4 is 10.9 Å². The zero-order valence-electron chi connectivity index (χ0n) is 17.2. The van der Waals surface area contributed by atoms with Crippen molar-refractivity contribution in [2.24, 2.45) is 0 Å². The van der Waals surface area contributed by atoms with E-state index in [4.69, 9.17) is 4.74 Å². The van der Waals surface area contributed by atoms with Gasteiger partial charge in [0.2, 0.25) is 0 Å². The zero-order valence-corrected chi connectivity index (χ0v) is 17.2. The number of halogens is 4. The molecule has 0 bridgehead atoms. The minimum atomic E-state index is -5.02. The van der Waals surface area contributed by atoms with Crippen LogP contribution in [0.4, 0.5) is 17.6 Å². The Hall–Kier alpha value is -2.94. The zero-order chi connectivity index (χ0) is 23.0. The molecule has 0 aliphatic carbocycles. The minimum absolute atomic E-state index is 0.139. The number of aromatic nitrogens is 2. The maximum Gasteiger partial charge on any atom is 0.418 e. The number of benzene rings is 2. The van der Waals surface area contributed by atoms with E-state index in [0.717, 1.165) is 23.0 Å². The Morgan fingerprint density at radius 3 is 2.45 bits per heavy atom.